The van der Waals surface area contributed by atoms with Crippen LogP contribution in [0.15, 0.2) is 42.5 Å². The van der Waals surface area contributed by atoms with Gasteiger partial charge in [-0.1, -0.05) is 6.07 Å². The number of hydrogen-bond acceptors (Lipinski definition) is 1. The number of rotatable bonds is 3. The van der Waals surface area contributed by atoms with Crippen molar-refractivity contribution in [3.8, 4) is 5.75 Å². The molecular weight excluding hydrogens is 355 g/mol. The maximum atomic E-state index is 12.9. The van der Waals surface area contributed by atoms with Crippen LogP contribution in [0.5, 0.6) is 5.75 Å². The normalized spacial score (nSPS) is 9.39. The first kappa shape index (κ1) is 15.3. The van der Waals surface area contributed by atoms with Gasteiger partial charge in [-0.2, -0.15) is 18.2 Å². The third kappa shape index (κ3) is 4.83. The average molecular weight is 365 g/mol. The maximum absolute atomic E-state index is 12.9. The molecule has 1 nitrogen and oxygen atoms in total. The fraction of sp³-hybridized carbons (Fsp3) is 0.0769. The number of ether oxygens (including phenoxy) is 1. The van der Waals surface area contributed by atoms with Gasteiger partial charge < -0.3 is 4.74 Å². The van der Waals surface area contributed by atoms with Crippen LogP contribution >= 0.6 is 13.6 Å². The molecule has 0 spiro atoms. The van der Waals surface area contributed by atoms with Crippen molar-refractivity contribution in [1.29, 1.82) is 0 Å². The Morgan fingerprint density at radius 3 is 2.56 bits per heavy atom. The Morgan fingerprint density at radius 2 is 1.94 bits per heavy atom. The van der Waals surface area contributed by atoms with Crippen molar-refractivity contribution in [3.63, 3.8) is 0 Å². The van der Waals surface area contributed by atoms with Gasteiger partial charge in [0.05, 0.1) is 6.61 Å². The van der Waals surface area contributed by atoms with Crippen molar-refractivity contribution in [3.05, 3.63) is 65.7 Å². The van der Waals surface area contributed by atoms with Gasteiger partial charge in [0.15, 0.2) is 11.6 Å². The standard InChI is InChI=1S/C13H9F2O.BrH.Zn/c14-12-7-6-10(8-13(12)15)9-16-11-4-2-1-3-5-11;;/h1-2,4-8H,9H2;1H;/q-1;;+2/p-1. The minimum atomic E-state index is -0.860. The van der Waals surface area contributed by atoms with Gasteiger partial charge >= 0.3 is 30.0 Å². The summed E-state index contributed by atoms with van der Waals surface area (Å²) in [5.74, 6) is -1.07. The zero-order chi connectivity index (χ0) is 13.4. The molecule has 0 unspecified atom stereocenters. The van der Waals surface area contributed by atoms with Crippen LogP contribution < -0.4 is 4.74 Å². The molecule has 0 N–H and O–H groups in total. The third-order valence-corrected chi connectivity index (χ3v) is 2.07. The Labute approximate surface area is 121 Å². The second-order valence-corrected chi connectivity index (χ2v) is 3.28. The fourth-order valence-corrected chi connectivity index (χ4v) is 1.26. The second kappa shape index (κ2) is 8.33. The Hall–Kier alpha value is -0.797. The van der Waals surface area contributed by atoms with Gasteiger partial charge in [-0.25, -0.2) is 8.78 Å². The Morgan fingerprint density at radius 1 is 1.17 bits per heavy atom. The number of hydrogen-bond donors (Lipinski definition) is 0. The van der Waals surface area contributed by atoms with Gasteiger partial charge in [0.1, 0.15) is 0 Å². The van der Waals surface area contributed by atoms with Crippen molar-refractivity contribution in [2.45, 2.75) is 6.61 Å². The first-order valence-corrected chi connectivity index (χ1v) is 12.0. The van der Waals surface area contributed by atoms with Gasteiger partial charge in [0, 0.05) is 5.75 Å². The molecule has 0 heterocycles. The summed E-state index contributed by atoms with van der Waals surface area (Å²) >= 11 is 4.25. The summed E-state index contributed by atoms with van der Waals surface area (Å²) in [7, 11) is 0. The molecule has 0 amide bonds. The third-order valence-electron chi connectivity index (χ3n) is 2.07. The number of benzene rings is 2. The molecule has 0 fully saturated rings. The molecular formula is C13H9BrF2OZn. The van der Waals surface area contributed by atoms with Crippen molar-refractivity contribution in [2.75, 3.05) is 0 Å². The summed E-state index contributed by atoms with van der Waals surface area (Å²) in [5.41, 5.74) is 0.586. The van der Waals surface area contributed by atoms with Crippen LogP contribution in [-0.2, 0) is 22.9 Å². The Bertz CT molecular complexity index is 480. The van der Waals surface area contributed by atoms with Gasteiger partial charge in [0.2, 0.25) is 0 Å². The molecule has 2 rings (SSSR count). The topological polar surface area (TPSA) is 9.23 Å². The van der Waals surface area contributed by atoms with Gasteiger partial charge in [-0.3, -0.25) is 0 Å². The van der Waals surface area contributed by atoms with Crippen LogP contribution in [-0.4, -0.2) is 0 Å². The van der Waals surface area contributed by atoms with Gasteiger partial charge in [-0.05, 0) is 17.7 Å². The predicted octanol–water partition coefficient (Wildman–Crippen LogP) is 4.19. The monoisotopic (exact) mass is 362 g/mol. The zero-order valence-corrected chi connectivity index (χ0v) is 14.1. The van der Waals surface area contributed by atoms with Crippen molar-refractivity contribution in [1.82, 2.24) is 0 Å². The molecule has 90 valence electrons. The summed E-state index contributed by atoms with van der Waals surface area (Å²) in [4.78, 5) is 0. The van der Waals surface area contributed by atoms with E-state index in [1.807, 2.05) is 0 Å². The van der Waals surface area contributed by atoms with E-state index in [-0.39, 0.29) is 6.61 Å². The quantitative estimate of drug-likeness (QED) is 0.586. The summed E-state index contributed by atoms with van der Waals surface area (Å²) in [6.07, 6.45) is 0. The second-order valence-electron chi connectivity index (χ2n) is 3.28. The predicted molar refractivity (Wildman–Crippen MR) is 64.9 cm³/mol. The summed E-state index contributed by atoms with van der Waals surface area (Å²) in [6, 6.07) is 13.6. The first-order chi connectivity index (χ1) is 8.75. The van der Waals surface area contributed by atoms with E-state index in [1.54, 1.807) is 24.3 Å². The average Bonchev–Trinajstić information content (AvgIpc) is 2.44. The molecule has 0 saturated carbocycles. The van der Waals surface area contributed by atoms with Crippen LogP contribution in [0.4, 0.5) is 8.78 Å². The van der Waals surface area contributed by atoms with E-state index in [2.05, 4.69) is 19.7 Å². The van der Waals surface area contributed by atoms with Crippen LogP contribution in [0.25, 0.3) is 0 Å². The van der Waals surface area contributed by atoms with E-state index in [0.717, 1.165) is 12.1 Å². The van der Waals surface area contributed by atoms with E-state index < -0.39 is 11.6 Å². The molecule has 0 aliphatic carbocycles. The van der Waals surface area contributed by atoms with E-state index in [0.29, 0.717) is 11.3 Å². The molecule has 18 heavy (non-hydrogen) atoms. The molecule has 0 aromatic heterocycles. The minimum absolute atomic E-state index is 0.203. The molecule has 2 aromatic carbocycles. The number of halogens is 3. The molecule has 0 saturated heterocycles. The van der Waals surface area contributed by atoms with Gasteiger partial charge in [0.25, 0.3) is 0 Å². The van der Waals surface area contributed by atoms with Crippen LogP contribution in [0, 0.1) is 17.7 Å². The molecule has 0 radical (unpaired) electrons. The van der Waals surface area contributed by atoms with Crippen molar-refractivity contribution < 1.29 is 29.9 Å². The van der Waals surface area contributed by atoms with Crippen molar-refractivity contribution in [2.24, 2.45) is 0 Å². The van der Waals surface area contributed by atoms with E-state index in [4.69, 9.17) is 4.74 Å². The van der Waals surface area contributed by atoms with E-state index >= 15 is 0 Å². The molecule has 5 heteroatoms. The molecule has 0 aliphatic heterocycles. The molecule has 0 atom stereocenters. The van der Waals surface area contributed by atoms with Crippen LogP contribution in [0.1, 0.15) is 5.56 Å². The summed E-state index contributed by atoms with van der Waals surface area (Å²) in [5, 5.41) is 0. The van der Waals surface area contributed by atoms with Gasteiger partial charge in [-0.15, -0.1) is 12.1 Å². The fourth-order valence-electron chi connectivity index (χ4n) is 1.26. The van der Waals surface area contributed by atoms with E-state index in [1.165, 1.54) is 22.4 Å². The van der Waals surface area contributed by atoms with Crippen molar-refractivity contribution >= 4 is 13.6 Å². The van der Waals surface area contributed by atoms with Crippen LogP contribution in [0.2, 0.25) is 0 Å². The zero-order valence-electron chi connectivity index (χ0n) is 9.50. The SMILES string of the molecule is Fc1ccc(COc2c[c-]ccc2)cc1F.[Zn+][Br]. The summed E-state index contributed by atoms with van der Waals surface area (Å²) in [6.45, 7) is 0.203. The first-order valence-electron chi connectivity index (χ1n) is 5.05. The molecule has 2 aromatic rings. The molecule has 0 bridgehead atoms. The van der Waals surface area contributed by atoms with Crippen LogP contribution in [0.3, 0.4) is 0 Å². The summed E-state index contributed by atoms with van der Waals surface area (Å²) < 4.78 is 30.9. The Kier molecular flexibility index (Phi) is 7.06. The van der Waals surface area contributed by atoms with E-state index in [9.17, 15) is 8.78 Å². The molecule has 0 aliphatic rings. The Balaban J connectivity index is 0.000000771.